The average Bonchev–Trinajstić information content (AvgIpc) is 2.60. The molecule has 1 aliphatic carbocycles. The third-order valence-corrected chi connectivity index (χ3v) is 4.51. The molecule has 4 nitrogen and oxygen atoms in total. The van der Waals surface area contributed by atoms with Crippen molar-refractivity contribution < 1.29 is 9.90 Å². The van der Waals surface area contributed by atoms with Crippen LogP contribution in [0, 0.1) is 17.8 Å². The number of aryl methyl sites for hydroxylation is 1. The monoisotopic (exact) mass is 248 g/mol. The Kier molecular flexibility index (Phi) is 2.65. The highest BCUT2D eigenvalue weighted by Gasteiger charge is 2.65. The molecule has 0 unspecified atom stereocenters. The van der Waals surface area contributed by atoms with E-state index in [1.165, 1.54) is 0 Å². The molecule has 0 radical (unpaired) electrons. The first-order valence-electron chi connectivity index (χ1n) is 6.15. The Labute approximate surface area is 107 Å². The van der Waals surface area contributed by atoms with E-state index in [2.05, 4.69) is 38.0 Å². The molecule has 0 atom stereocenters. The molecule has 18 heavy (non-hydrogen) atoms. The summed E-state index contributed by atoms with van der Waals surface area (Å²) in [6.45, 7) is 10.6. The Morgan fingerprint density at radius 2 is 1.83 bits per heavy atom. The van der Waals surface area contributed by atoms with Gasteiger partial charge in [-0.05, 0) is 29.9 Å². The second-order valence-corrected chi connectivity index (χ2v) is 6.21. The molecule has 1 aromatic rings. The zero-order valence-electron chi connectivity index (χ0n) is 11.5. The predicted molar refractivity (Wildman–Crippen MR) is 70.9 cm³/mol. The maximum absolute atomic E-state index is 11.0. The van der Waals surface area contributed by atoms with Crippen LogP contribution in [-0.2, 0) is 0 Å². The van der Waals surface area contributed by atoms with E-state index in [0.717, 1.165) is 0 Å². The standard InChI is InChI=1S/C14H20N2O2/c1-8-6-9(11(17)18)7-10(15-8)16-12-13(2,3)14(12,4)5/h6-7,12H,1-5H3,(H,15,16)(H,17,18). The molecule has 0 aliphatic heterocycles. The average molecular weight is 248 g/mol. The lowest BCUT2D eigenvalue weighted by Crippen LogP contribution is -2.12. The minimum absolute atomic E-state index is 0.196. The van der Waals surface area contributed by atoms with Crippen molar-refractivity contribution in [1.82, 2.24) is 4.98 Å². The number of carboxylic acid groups (broad SMARTS) is 1. The molecule has 0 bridgehead atoms. The number of rotatable bonds is 3. The molecule has 0 spiro atoms. The third kappa shape index (κ3) is 1.85. The first-order valence-corrected chi connectivity index (χ1v) is 6.15. The van der Waals surface area contributed by atoms with Crippen LogP contribution in [0.2, 0.25) is 0 Å². The third-order valence-electron chi connectivity index (χ3n) is 4.51. The molecule has 2 N–H and O–H groups in total. The van der Waals surface area contributed by atoms with Crippen LogP contribution in [0.25, 0.3) is 0 Å². The molecule has 1 saturated carbocycles. The highest BCUT2D eigenvalue weighted by Crippen LogP contribution is 2.63. The van der Waals surface area contributed by atoms with Crippen molar-refractivity contribution in [2.24, 2.45) is 10.8 Å². The first kappa shape index (κ1) is 12.9. The Morgan fingerprint density at radius 1 is 1.28 bits per heavy atom. The summed E-state index contributed by atoms with van der Waals surface area (Å²) in [5.74, 6) is -0.270. The van der Waals surface area contributed by atoms with Crippen LogP contribution in [-0.4, -0.2) is 22.1 Å². The molecule has 1 heterocycles. The van der Waals surface area contributed by atoms with Crippen LogP contribution >= 0.6 is 0 Å². The van der Waals surface area contributed by atoms with E-state index in [1.54, 1.807) is 19.1 Å². The SMILES string of the molecule is Cc1cc(C(=O)O)cc(NC2C(C)(C)C2(C)C)n1. The predicted octanol–water partition coefficient (Wildman–Crippen LogP) is 2.93. The van der Waals surface area contributed by atoms with Gasteiger partial charge in [0, 0.05) is 11.7 Å². The number of pyridine rings is 1. The number of aromatic carboxylic acids is 1. The molecule has 0 aromatic carbocycles. The number of aromatic nitrogens is 1. The Bertz CT molecular complexity index is 493. The summed E-state index contributed by atoms with van der Waals surface area (Å²) >= 11 is 0. The number of nitrogens with zero attached hydrogens (tertiary/aromatic N) is 1. The molecular weight excluding hydrogens is 228 g/mol. The summed E-state index contributed by atoms with van der Waals surface area (Å²) in [7, 11) is 0. The lowest BCUT2D eigenvalue weighted by molar-refractivity contribution is 0.0696. The summed E-state index contributed by atoms with van der Waals surface area (Å²) in [5.41, 5.74) is 1.39. The smallest absolute Gasteiger partial charge is 0.335 e. The quantitative estimate of drug-likeness (QED) is 0.863. The molecule has 1 fully saturated rings. The first-order chi connectivity index (χ1) is 8.16. The van der Waals surface area contributed by atoms with Crippen molar-refractivity contribution in [3.8, 4) is 0 Å². The summed E-state index contributed by atoms with van der Waals surface area (Å²) in [6.07, 6.45) is 0. The molecule has 1 aliphatic rings. The van der Waals surface area contributed by atoms with E-state index in [1.807, 2.05) is 0 Å². The van der Waals surface area contributed by atoms with Crippen molar-refractivity contribution >= 4 is 11.8 Å². The normalized spacial score (nSPS) is 20.5. The number of carbonyl (C=O) groups is 1. The fourth-order valence-corrected chi connectivity index (χ4v) is 2.57. The van der Waals surface area contributed by atoms with Crippen molar-refractivity contribution in [1.29, 1.82) is 0 Å². The maximum atomic E-state index is 11.0. The Morgan fingerprint density at radius 3 is 2.28 bits per heavy atom. The van der Waals surface area contributed by atoms with E-state index in [-0.39, 0.29) is 16.4 Å². The zero-order chi connectivity index (χ0) is 13.7. The van der Waals surface area contributed by atoms with Gasteiger partial charge in [-0.25, -0.2) is 9.78 Å². The van der Waals surface area contributed by atoms with Crippen LogP contribution in [0.3, 0.4) is 0 Å². The fraction of sp³-hybridized carbons (Fsp3) is 0.571. The van der Waals surface area contributed by atoms with Gasteiger partial charge in [0.25, 0.3) is 0 Å². The molecule has 2 rings (SSSR count). The Balaban J connectivity index is 2.24. The van der Waals surface area contributed by atoms with E-state index >= 15 is 0 Å². The summed E-state index contributed by atoms with van der Waals surface area (Å²) in [4.78, 5) is 15.4. The topological polar surface area (TPSA) is 62.2 Å². The highest BCUT2D eigenvalue weighted by atomic mass is 16.4. The van der Waals surface area contributed by atoms with Gasteiger partial charge >= 0.3 is 5.97 Å². The van der Waals surface area contributed by atoms with Crippen LogP contribution in [0.5, 0.6) is 0 Å². The minimum atomic E-state index is -0.919. The van der Waals surface area contributed by atoms with E-state index in [9.17, 15) is 4.79 Å². The van der Waals surface area contributed by atoms with Crippen molar-refractivity contribution in [3.05, 3.63) is 23.4 Å². The lowest BCUT2D eigenvalue weighted by Gasteiger charge is -2.09. The van der Waals surface area contributed by atoms with Gasteiger partial charge in [-0.3, -0.25) is 0 Å². The number of carboxylic acids is 1. The second kappa shape index (κ2) is 3.70. The molecule has 98 valence electrons. The van der Waals surface area contributed by atoms with Crippen molar-refractivity contribution in [2.75, 3.05) is 5.32 Å². The van der Waals surface area contributed by atoms with Crippen molar-refractivity contribution in [2.45, 2.75) is 40.7 Å². The number of anilines is 1. The van der Waals surface area contributed by atoms with Gasteiger partial charge in [-0.15, -0.1) is 0 Å². The zero-order valence-corrected chi connectivity index (χ0v) is 11.5. The molecular formula is C14H20N2O2. The minimum Gasteiger partial charge on any atom is -0.478 e. The fourth-order valence-electron chi connectivity index (χ4n) is 2.57. The molecule has 0 amide bonds. The van der Waals surface area contributed by atoms with Gasteiger partial charge in [0.15, 0.2) is 0 Å². The van der Waals surface area contributed by atoms with E-state index in [0.29, 0.717) is 17.6 Å². The summed E-state index contributed by atoms with van der Waals surface area (Å²) < 4.78 is 0. The van der Waals surface area contributed by atoms with Gasteiger partial charge in [0.05, 0.1) is 5.56 Å². The number of nitrogens with one attached hydrogen (secondary N) is 1. The summed E-state index contributed by atoms with van der Waals surface area (Å²) in [6, 6.07) is 3.50. The van der Waals surface area contributed by atoms with E-state index in [4.69, 9.17) is 5.11 Å². The van der Waals surface area contributed by atoms with Crippen molar-refractivity contribution in [3.63, 3.8) is 0 Å². The molecule has 1 aromatic heterocycles. The van der Waals surface area contributed by atoms with Gasteiger partial charge < -0.3 is 10.4 Å². The number of hydrogen-bond acceptors (Lipinski definition) is 3. The van der Waals surface area contributed by atoms with Gasteiger partial charge in [0.2, 0.25) is 0 Å². The van der Waals surface area contributed by atoms with Gasteiger partial charge in [-0.2, -0.15) is 0 Å². The van der Waals surface area contributed by atoms with Crippen LogP contribution in [0.15, 0.2) is 12.1 Å². The van der Waals surface area contributed by atoms with Crippen LogP contribution in [0.4, 0.5) is 5.82 Å². The number of hydrogen-bond donors (Lipinski definition) is 2. The van der Waals surface area contributed by atoms with E-state index < -0.39 is 5.97 Å². The largest absolute Gasteiger partial charge is 0.478 e. The summed E-state index contributed by atoms with van der Waals surface area (Å²) in [5, 5.41) is 12.4. The Hall–Kier alpha value is -1.58. The maximum Gasteiger partial charge on any atom is 0.335 e. The van der Waals surface area contributed by atoms with Crippen LogP contribution < -0.4 is 5.32 Å². The molecule has 4 heteroatoms. The molecule has 0 saturated heterocycles. The van der Waals surface area contributed by atoms with Crippen LogP contribution in [0.1, 0.15) is 43.7 Å². The lowest BCUT2D eigenvalue weighted by atomic mass is 10.0. The second-order valence-electron chi connectivity index (χ2n) is 6.21. The highest BCUT2D eigenvalue weighted by molar-refractivity contribution is 5.88. The van der Waals surface area contributed by atoms with Gasteiger partial charge in [-0.1, -0.05) is 27.7 Å². The van der Waals surface area contributed by atoms with Gasteiger partial charge in [0.1, 0.15) is 5.82 Å².